The quantitative estimate of drug-likeness (QED) is 0.885. The van der Waals surface area contributed by atoms with E-state index < -0.39 is 0 Å². The number of hydrogen-bond acceptors (Lipinski definition) is 4. The molecule has 1 N–H and O–H groups in total. The minimum absolute atomic E-state index is 0.486. The number of thiophene rings is 1. The molecule has 0 saturated carbocycles. The molecule has 4 heteroatoms. The zero-order chi connectivity index (χ0) is 12.3. The van der Waals surface area contributed by atoms with Crippen molar-refractivity contribution in [3.8, 4) is 0 Å². The zero-order valence-corrected chi connectivity index (χ0v) is 11.4. The molecule has 2 aromatic rings. The Morgan fingerprint density at radius 3 is 2.88 bits per heavy atom. The number of hydrogen-bond donors (Lipinski definition) is 1. The summed E-state index contributed by atoms with van der Waals surface area (Å²) in [5.41, 5.74) is 2.24. The molecule has 2 heterocycles. The van der Waals surface area contributed by atoms with Crippen LogP contribution < -0.4 is 5.32 Å². The van der Waals surface area contributed by atoms with Gasteiger partial charge in [0.1, 0.15) is 6.33 Å². The lowest BCUT2D eigenvalue weighted by Crippen LogP contribution is -2.35. The van der Waals surface area contributed by atoms with Crippen molar-refractivity contribution in [2.75, 3.05) is 6.54 Å². The molecule has 0 spiro atoms. The van der Waals surface area contributed by atoms with Crippen LogP contribution >= 0.6 is 11.3 Å². The van der Waals surface area contributed by atoms with E-state index in [2.05, 4.69) is 47.5 Å². The highest BCUT2D eigenvalue weighted by molar-refractivity contribution is 7.17. The smallest absolute Gasteiger partial charge is 0.116 e. The lowest BCUT2D eigenvalue weighted by atomic mass is 9.99. The van der Waals surface area contributed by atoms with E-state index >= 15 is 0 Å². The largest absolute Gasteiger partial charge is 0.314 e. The van der Waals surface area contributed by atoms with E-state index in [0.29, 0.717) is 12.0 Å². The Balaban J connectivity index is 2.24. The molecule has 0 aliphatic rings. The molecular formula is C13H19N3S. The van der Waals surface area contributed by atoms with Crippen LogP contribution in [0.3, 0.4) is 0 Å². The normalized spacial score (nSPS) is 13.4. The van der Waals surface area contributed by atoms with E-state index in [-0.39, 0.29) is 0 Å². The van der Waals surface area contributed by atoms with Gasteiger partial charge in [0.05, 0.1) is 15.9 Å². The standard InChI is InChI=1S/C13H19N3S/c1-4-14-11(9(2)3)7-12-13-10(5-6-17-13)15-8-16-12/h5-6,8-9,11,14H,4,7H2,1-3H3. The fourth-order valence-electron chi connectivity index (χ4n) is 2.00. The predicted molar refractivity (Wildman–Crippen MR) is 73.4 cm³/mol. The van der Waals surface area contributed by atoms with E-state index in [1.165, 1.54) is 10.4 Å². The topological polar surface area (TPSA) is 37.8 Å². The summed E-state index contributed by atoms with van der Waals surface area (Å²) in [5.74, 6) is 0.611. The minimum atomic E-state index is 0.486. The third-order valence-corrected chi connectivity index (χ3v) is 3.95. The van der Waals surface area contributed by atoms with Crippen LogP contribution in [0.5, 0.6) is 0 Å². The number of rotatable bonds is 5. The molecule has 0 amide bonds. The summed E-state index contributed by atoms with van der Waals surface area (Å²) in [6, 6.07) is 2.54. The Kier molecular flexibility index (Phi) is 4.07. The molecule has 3 nitrogen and oxygen atoms in total. The first-order valence-corrected chi connectivity index (χ1v) is 7.00. The van der Waals surface area contributed by atoms with Crippen LogP contribution in [0.25, 0.3) is 10.2 Å². The highest BCUT2D eigenvalue weighted by Gasteiger charge is 2.15. The first kappa shape index (κ1) is 12.5. The molecule has 17 heavy (non-hydrogen) atoms. The molecule has 1 atom stereocenters. The summed E-state index contributed by atoms with van der Waals surface area (Å²) in [4.78, 5) is 8.72. The van der Waals surface area contributed by atoms with Crippen molar-refractivity contribution in [2.24, 2.45) is 5.92 Å². The van der Waals surface area contributed by atoms with Crippen molar-refractivity contribution in [3.05, 3.63) is 23.5 Å². The van der Waals surface area contributed by atoms with Crippen molar-refractivity contribution in [3.63, 3.8) is 0 Å². The van der Waals surface area contributed by atoms with E-state index in [0.717, 1.165) is 18.5 Å². The first-order chi connectivity index (χ1) is 8.22. The minimum Gasteiger partial charge on any atom is -0.314 e. The average molecular weight is 249 g/mol. The molecule has 0 bridgehead atoms. The molecule has 92 valence electrons. The second-order valence-corrected chi connectivity index (χ2v) is 5.48. The first-order valence-electron chi connectivity index (χ1n) is 6.12. The molecule has 0 saturated heterocycles. The number of likely N-dealkylation sites (N-methyl/N-ethyl adjacent to an activating group) is 1. The molecule has 0 aliphatic carbocycles. The van der Waals surface area contributed by atoms with Gasteiger partial charge in [0, 0.05) is 12.5 Å². The molecule has 1 unspecified atom stereocenters. The SMILES string of the molecule is CCNC(Cc1ncnc2ccsc12)C(C)C. The lowest BCUT2D eigenvalue weighted by Gasteiger charge is -2.21. The van der Waals surface area contributed by atoms with Crippen LogP contribution in [0.15, 0.2) is 17.8 Å². The van der Waals surface area contributed by atoms with E-state index in [1.54, 1.807) is 17.7 Å². The average Bonchev–Trinajstić information content (AvgIpc) is 2.77. The predicted octanol–water partition coefficient (Wildman–Crippen LogP) is 2.87. The van der Waals surface area contributed by atoms with Crippen LogP contribution in [0.4, 0.5) is 0 Å². The van der Waals surface area contributed by atoms with Crippen molar-refractivity contribution < 1.29 is 0 Å². The molecule has 0 radical (unpaired) electrons. The third kappa shape index (κ3) is 2.82. The monoisotopic (exact) mass is 249 g/mol. The highest BCUT2D eigenvalue weighted by atomic mass is 32.1. The summed E-state index contributed by atoms with van der Waals surface area (Å²) in [5, 5.41) is 5.62. The molecule has 0 aliphatic heterocycles. The van der Waals surface area contributed by atoms with Gasteiger partial charge in [-0.2, -0.15) is 0 Å². The summed E-state index contributed by atoms with van der Waals surface area (Å²) in [6.45, 7) is 7.65. The Bertz CT molecular complexity index is 478. The zero-order valence-electron chi connectivity index (χ0n) is 10.6. The number of fused-ring (bicyclic) bond motifs is 1. The van der Waals surface area contributed by atoms with Gasteiger partial charge in [-0.1, -0.05) is 20.8 Å². The summed E-state index contributed by atoms with van der Waals surface area (Å²) in [6.07, 6.45) is 2.65. The maximum Gasteiger partial charge on any atom is 0.116 e. The second kappa shape index (κ2) is 5.56. The fraction of sp³-hybridized carbons (Fsp3) is 0.538. The summed E-state index contributed by atoms with van der Waals surface area (Å²) < 4.78 is 1.23. The van der Waals surface area contributed by atoms with Gasteiger partial charge in [-0.3, -0.25) is 0 Å². The summed E-state index contributed by atoms with van der Waals surface area (Å²) in [7, 11) is 0. The molecule has 2 rings (SSSR count). The van der Waals surface area contributed by atoms with Gasteiger partial charge in [0.2, 0.25) is 0 Å². The van der Waals surface area contributed by atoms with Gasteiger partial charge in [-0.25, -0.2) is 9.97 Å². The van der Waals surface area contributed by atoms with Crippen molar-refractivity contribution in [1.82, 2.24) is 15.3 Å². The van der Waals surface area contributed by atoms with Gasteiger partial charge in [-0.05, 0) is 23.9 Å². The van der Waals surface area contributed by atoms with Gasteiger partial charge in [0.25, 0.3) is 0 Å². The maximum atomic E-state index is 4.44. The van der Waals surface area contributed by atoms with Crippen LogP contribution in [0.2, 0.25) is 0 Å². The lowest BCUT2D eigenvalue weighted by molar-refractivity contribution is 0.403. The van der Waals surface area contributed by atoms with E-state index in [1.807, 2.05) is 0 Å². The van der Waals surface area contributed by atoms with Crippen LogP contribution in [-0.4, -0.2) is 22.6 Å². The van der Waals surface area contributed by atoms with Gasteiger partial charge in [-0.15, -0.1) is 11.3 Å². The van der Waals surface area contributed by atoms with Gasteiger partial charge in [0.15, 0.2) is 0 Å². The third-order valence-electron chi connectivity index (χ3n) is 3.00. The van der Waals surface area contributed by atoms with Crippen molar-refractivity contribution in [1.29, 1.82) is 0 Å². The van der Waals surface area contributed by atoms with Crippen LogP contribution in [0, 0.1) is 5.92 Å². The number of nitrogens with zero attached hydrogens (tertiary/aromatic N) is 2. The van der Waals surface area contributed by atoms with Crippen LogP contribution in [-0.2, 0) is 6.42 Å². The molecular weight excluding hydrogens is 230 g/mol. The molecule has 2 aromatic heterocycles. The Morgan fingerprint density at radius 1 is 1.35 bits per heavy atom. The van der Waals surface area contributed by atoms with Crippen molar-refractivity contribution >= 4 is 21.6 Å². The van der Waals surface area contributed by atoms with Crippen molar-refractivity contribution in [2.45, 2.75) is 33.2 Å². The van der Waals surface area contributed by atoms with Crippen LogP contribution in [0.1, 0.15) is 26.5 Å². The molecule has 0 fully saturated rings. The summed E-state index contributed by atoms with van der Waals surface area (Å²) >= 11 is 1.73. The maximum absolute atomic E-state index is 4.44. The van der Waals surface area contributed by atoms with Gasteiger partial charge < -0.3 is 5.32 Å². The number of aromatic nitrogens is 2. The fourth-order valence-corrected chi connectivity index (χ4v) is 2.85. The van der Waals surface area contributed by atoms with E-state index in [4.69, 9.17) is 0 Å². The van der Waals surface area contributed by atoms with Gasteiger partial charge >= 0.3 is 0 Å². The Hall–Kier alpha value is -1.000. The highest BCUT2D eigenvalue weighted by Crippen LogP contribution is 2.23. The number of nitrogens with one attached hydrogen (secondary N) is 1. The van der Waals surface area contributed by atoms with E-state index in [9.17, 15) is 0 Å². The Labute approximate surface area is 106 Å². The Morgan fingerprint density at radius 2 is 2.18 bits per heavy atom. The second-order valence-electron chi connectivity index (χ2n) is 4.57. The molecule has 0 aromatic carbocycles.